The van der Waals surface area contributed by atoms with Gasteiger partial charge in [-0.25, -0.2) is 9.37 Å². The van der Waals surface area contributed by atoms with Crippen molar-refractivity contribution in [3.8, 4) is 17.7 Å². The molecule has 184 valence electrons. The van der Waals surface area contributed by atoms with Gasteiger partial charge in [-0.15, -0.1) is 0 Å². The number of fused-ring (bicyclic) bond motifs is 1. The molecule has 35 heavy (non-hydrogen) atoms. The minimum absolute atomic E-state index is 0.0709. The average molecular weight is 479 g/mol. The molecule has 4 rings (SSSR count). The van der Waals surface area contributed by atoms with Crippen LogP contribution in [-0.2, 0) is 0 Å². The van der Waals surface area contributed by atoms with Gasteiger partial charge in [-0.1, -0.05) is 32.6 Å². The molecule has 8 nitrogen and oxygen atoms in total. The van der Waals surface area contributed by atoms with Crippen molar-refractivity contribution in [3.63, 3.8) is 0 Å². The number of aromatic hydroxyl groups is 1. The average Bonchev–Trinajstić information content (AvgIpc) is 3.27. The van der Waals surface area contributed by atoms with Gasteiger partial charge in [-0.3, -0.25) is 0 Å². The second-order valence-electron chi connectivity index (χ2n) is 8.03. The van der Waals surface area contributed by atoms with Gasteiger partial charge in [0, 0.05) is 29.9 Å². The first-order valence-electron chi connectivity index (χ1n) is 11.5. The number of nitrogens with zero attached hydrogens (tertiary/aromatic N) is 3. The van der Waals surface area contributed by atoms with E-state index < -0.39 is 11.6 Å². The number of pyridine rings is 1. The van der Waals surface area contributed by atoms with Gasteiger partial charge in [-0.05, 0) is 36.8 Å². The van der Waals surface area contributed by atoms with E-state index in [1.807, 2.05) is 20.8 Å². The fraction of sp³-hybridized carbons (Fsp3) is 0.308. The number of hydrogen-bond acceptors (Lipinski definition) is 8. The Morgan fingerprint density at radius 2 is 2.17 bits per heavy atom. The molecule has 2 unspecified atom stereocenters. The maximum atomic E-state index is 13.8. The number of nitrogens with one attached hydrogen (secondary N) is 1. The van der Waals surface area contributed by atoms with Gasteiger partial charge in [-0.2, -0.15) is 5.26 Å². The molecule has 0 spiro atoms. The van der Waals surface area contributed by atoms with E-state index in [4.69, 9.17) is 16.2 Å². The molecular weight excluding hydrogens is 447 g/mol. The first-order chi connectivity index (χ1) is 16.8. The van der Waals surface area contributed by atoms with Crippen molar-refractivity contribution in [1.82, 2.24) is 15.2 Å². The summed E-state index contributed by atoms with van der Waals surface area (Å²) in [4.78, 5) is 6.52. The Balaban J connectivity index is 0.00000167. The summed E-state index contributed by atoms with van der Waals surface area (Å²) in [6, 6.07) is 8.09. The standard InChI is InChI=1S/C24H25FN6O2.C2H6/c1-3-14-7-15(10-26)24(30-13(14)2)33-17-8-16-11-29-23(28)21(31(16)12-17)9-20(27)18-5-4-6-19(25)22(18)32;1-2/h3-7,9,16-17,29,32H,1,8,11-12,27-28H2,2H3;1-2H3/b20-9-;. The molecule has 6 N–H and O–H groups in total. The number of ether oxygens (including phenoxy) is 1. The third kappa shape index (κ3) is 5.17. The second kappa shape index (κ2) is 10.8. The van der Waals surface area contributed by atoms with E-state index in [1.54, 1.807) is 18.2 Å². The number of phenols is 1. The van der Waals surface area contributed by atoms with Crippen molar-refractivity contribution >= 4 is 11.8 Å². The van der Waals surface area contributed by atoms with Crippen LogP contribution in [0.3, 0.4) is 0 Å². The Kier molecular flexibility index (Phi) is 7.87. The van der Waals surface area contributed by atoms with Gasteiger partial charge in [0.05, 0.1) is 18.3 Å². The van der Waals surface area contributed by atoms with Crippen molar-refractivity contribution in [2.45, 2.75) is 39.3 Å². The van der Waals surface area contributed by atoms with E-state index in [2.05, 4.69) is 27.8 Å². The third-order valence-corrected chi connectivity index (χ3v) is 5.92. The van der Waals surface area contributed by atoms with Gasteiger partial charge in [0.2, 0.25) is 5.88 Å². The van der Waals surface area contributed by atoms with Crippen molar-refractivity contribution < 1.29 is 14.2 Å². The molecule has 1 aromatic carbocycles. The van der Waals surface area contributed by atoms with Crippen LogP contribution >= 0.6 is 0 Å². The number of nitrogens with two attached hydrogens (primary N) is 2. The molecule has 9 heteroatoms. The Morgan fingerprint density at radius 1 is 1.43 bits per heavy atom. The van der Waals surface area contributed by atoms with Gasteiger partial charge < -0.3 is 31.5 Å². The SMILES string of the molecule is C=Cc1cc(C#N)c(OC2CC3CNC(N)=C(/C=C(\N)c4cccc(F)c4O)N3C2)nc1C.CC. The van der Waals surface area contributed by atoms with Gasteiger partial charge in [0.25, 0.3) is 0 Å². The molecule has 1 saturated heterocycles. The maximum Gasteiger partial charge on any atom is 0.232 e. The van der Waals surface area contributed by atoms with Crippen molar-refractivity contribution in [3.05, 3.63) is 76.6 Å². The van der Waals surface area contributed by atoms with Crippen LogP contribution in [0.1, 0.15) is 42.7 Å². The predicted octanol–water partition coefficient (Wildman–Crippen LogP) is 3.33. The zero-order valence-corrected chi connectivity index (χ0v) is 20.2. The molecule has 2 aromatic rings. The maximum absolute atomic E-state index is 13.8. The van der Waals surface area contributed by atoms with Crippen LogP contribution in [0.4, 0.5) is 4.39 Å². The summed E-state index contributed by atoms with van der Waals surface area (Å²) in [7, 11) is 0. The number of benzene rings is 1. The lowest BCUT2D eigenvalue weighted by Gasteiger charge is -2.34. The predicted molar refractivity (Wildman–Crippen MR) is 134 cm³/mol. The fourth-order valence-corrected chi connectivity index (χ4v) is 4.19. The van der Waals surface area contributed by atoms with Crippen molar-refractivity contribution in [2.75, 3.05) is 13.1 Å². The lowest BCUT2D eigenvalue weighted by molar-refractivity contribution is 0.200. The van der Waals surface area contributed by atoms with Crippen molar-refractivity contribution in [2.24, 2.45) is 11.5 Å². The first-order valence-corrected chi connectivity index (χ1v) is 11.5. The highest BCUT2D eigenvalue weighted by molar-refractivity contribution is 5.70. The number of aryl methyl sites for hydroxylation is 1. The van der Waals surface area contributed by atoms with Crippen LogP contribution in [0.25, 0.3) is 11.8 Å². The zero-order valence-electron chi connectivity index (χ0n) is 20.2. The summed E-state index contributed by atoms with van der Waals surface area (Å²) in [6.07, 6.45) is 3.72. The van der Waals surface area contributed by atoms with Gasteiger partial charge in [0.15, 0.2) is 11.6 Å². The summed E-state index contributed by atoms with van der Waals surface area (Å²) < 4.78 is 19.9. The Hall–Kier alpha value is -4.19. The largest absolute Gasteiger partial charge is 0.504 e. The van der Waals surface area contributed by atoms with Crippen LogP contribution in [0.2, 0.25) is 0 Å². The van der Waals surface area contributed by atoms with E-state index in [1.165, 1.54) is 12.1 Å². The molecular formula is C26H31FN6O2. The van der Waals surface area contributed by atoms with Crippen LogP contribution < -0.4 is 21.5 Å². The minimum Gasteiger partial charge on any atom is -0.504 e. The summed E-state index contributed by atoms with van der Waals surface area (Å²) in [5, 5.41) is 22.7. The molecule has 3 heterocycles. The Bertz CT molecular complexity index is 1220. The number of hydrogen-bond donors (Lipinski definition) is 4. The van der Waals surface area contributed by atoms with Gasteiger partial charge in [0.1, 0.15) is 23.6 Å². The molecule has 2 aliphatic rings. The lowest BCUT2D eigenvalue weighted by atomic mass is 10.1. The lowest BCUT2D eigenvalue weighted by Crippen LogP contribution is -2.45. The molecule has 2 aliphatic heterocycles. The van der Waals surface area contributed by atoms with Crippen LogP contribution in [-0.4, -0.2) is 40.2 Å². The number of phenolic OH excluding ortho intramolecular Hbond substituents is 1. The summed E-state index contributed by atoms with van der Waals surface area (Å²) in [6.45, 7) is 10.7. The highest BCUT2D eigenvalue weighted by Gasteiger charge is 2.38. The van der Waals surface area contributed by atoms with E-state index >= 15 is 0 Å². The Morgan fingerprint density at radius 3 is 2.86 bits per heavy atom. The number of nitriles is 1. The number of rotatable bonds is 5. The third-order valence-electron chi connectivity index (χ3n) is 5.92. The van der Waals surface area contributed by atoms with E-state index in [0.717, 1.165) is 17.3 Å². The zero-order chi connectivity index (χ0) is 25.7. The fourth-order valence-electron chi connectivity index (χ4n) is 4.19. The summed E-state index contributed by atoms with van der Waals surface area (Å²) in [5.41, 5.74) is 15.2. The number of halogens is 1. The molecule has 1 fully saturated rings. The molecule has 2 atom stereocenters. The molecule has 0 aliphatic carbocycles. The molecule has 0 bridgehead atoms. The first kappa shape index (κ1) is 25.4. The highest BCUT2D eigenvalue weighted by Crippen LogP contribution is 2.32. The van der Waals surface area contributed by atoms with E-state index in [0.29, 0.717) is 36.6 Å². The van der Waals surface area contributed by atoms with Crippen LogP contribution in [0, 0.1) is 24.1 Å². The topological polar surface area (TPSA) is 133 Å². The number of para-hydroxylation sites is 1. The molecule has 0 radical (unpaired) electrons. The molecule has 0 amide bonds. The quantitative estimate of drug-likeness (QED) is 0.514. The second-order valence-corrected chi connectivity index (χ2v) is 8.03. The van der Waals surface area contributed by atoms with E-state index in [9.17, 15) is 14.8 Å². The molecule has 1 aromatic heterocycles. The minimum atomic E-state index is -0.751. The van der Waals surface area contributed by atoms with Crippen LogP contribution in [0.5, 0.6) is 11.6 Å². The summed E-state index contributed by atoms with van der Waals surface area (Å²) in [5.74, 6) is -0.551. The number of allylic oxidation sites excluding steroid dienone is 1. The highest BCUT2D eigenvalue weighted by atomic mass is 19.1. The van der Waals surface area contributed by atoms with Gasteiger partial charge >= 0.3 is 0 Å². The van der Waals surface area contributed by atoms with Crippen molar-refractivity contribution in [1.29, 1.82) is 5.26 Å². The smallest absolute Gasteiger partial charge is 0.232 e. The molecule has 0 saturated carbocycles. The number of aromatic nitrogens is 1. The Labute approximate surface area is 205 Å². The van der Waals surface area contributed by atoms with Crippen LogP contribution in [0.15, 0.2) is 48.4 Å². The normalized spacial score (nSPS) is 19.2. The van der Waals surface area contributed by atoms with E-state index in [-0.39, 0.29) is 29.3 Å². The monoisotopic (exact) mass is 478 g/mol. The summed E-state index contributed by atoms with van der Waals surface area (Å²) >= 11 is 0.